The van der Waals surface area contributed by atoms with Crippen LogP contribution in [0.4, 0.5) is 0 Å². The lowest BCUT2D eigenvalue weighted by atomic mass is 9.74. The Morgan fingerprint density at radius 3 is 2.69 bits per heavy atom. The van der Waals surface area contributed by atoms with Gasteiger partial charge in [0.25, 0.3) is 0 Å². The van der Waals surface area contributed by atoms with Gasteiger partial charge in [-0.2, -0.15) is 0 Å². The molecule has 0 aromatic heterocycles. The van der Waals surface area contributed by atoms with Crippen LogP contribution < -0.4 is 0 Å². The minimum atomic E-state index is -0.478. The zero-order chi connectivity index (χ0) is 11.6. The summed E-state index contributed by atoms with van der Waals surface area (Å²) in [5.74, 6) is 0.444. The van der Waals surface area contributed by atoms with E-state index in [-0.39, 0.29) is 5.60 Å². The molecule has 1 spiro atoms. The van der Waals surface area contributed by atoms with Crippen molar-refractivity contribution in [3.8, 4) is 0 Å². The number of aliphatic hydroxyl groups is 1. The van der Waals surface area contributed by atoms with Crippen molar-refractivity contribution in [2.45, 2.75) is 76.4 Å². The molecule has 0 aromatic carbocycles. The predicted octanol–water partition coefficient (Wildman–Crippen LogP) is 3.28. The van der Waals surface area contributed by atoms with Gasteiger partial charge >= 0.3 is 0 Å². The maximum Gasteiger partial charge on any atom is 0.0686 e. The van der Waals surface area contributed by atoms with Crippen LogP contribution in [-0.4, -0.2) is 22.9 Å². The van der Waals surface area contributed by atoms with Crippen LogP contribution in [0.1, 0.15) is 65.2 Å². The van der Waals surface area contributed by atoms with Gasteiger partial charge in [0.1, 0.15) is 0 Å². The minimum Gasteiger partial charge on any atom is -0.390 e. The van der Waals surface area contributed by atoms with Gasteiger partial charge in [-0.05, 0) is 44.9 Å². The van der Waals surface area contributed by atoms with Crippen LogP contribution in [0, 0.1) is 5.92 Å². The summed E-state index contributed by atoms with van der Waals surface area (Å²) in [7, 11) is 0. The number of hydrogen-bond acceptors (Lipinski definition) is 2. The molecular weight excluding hydrogens is 200 g/mol. The third kappa shape index (κ3) is 2.43. The molecule has 1 aliphatic heterocycles. The molecule has 2 nitrogen and oxygen atoms in total. The molecule has 2 atom stereocenters. The molecule has 0 radical (unpaired) electrons. The van der Waals surface area contributed by atoms with Crippen molar-refractivity contribution in [1.29, 1.82) is 0 Å². The van der Waals surface area contributed by atoms with Crippen LogP contribution in [-0.2, 0) is 4.74 Å². The van der Waals surface area contributed by atoms with E-state index < -0.39 is 5.60 Å². The van der Waals surface area contributed by atoms with Crippen LogP contribution in [0.2, 0.25) is 0 Å². The highest BCUT2D eigenvalue weighted by Gasteiger charge is 2.44. The second kappa shape index (κ2) is 4.66. The Morgan fingerprint density at radius 1 is 1.38 bits per heavy atom. The summed E-state index contributed by atoms with van der Waals surface area (Å²) in [5, 5.41) is 10.5. The first-order chi connectivity index (χ1) is 7.58. The Labute approximate surface area is 99.4 Å². The van der Waals surface area contributed by atoms with Crippen molar-refractivity contribution in [3.63, 3.8) is 0 Å². The molecule has 1 aliphatic carbocycles. The molecular formula is C14H26O2. The molecule has 2 heteroatoms. The molecule has 16 heavy (non-hydrogen) atoms. The van der Waals surface area contributed by atoms with Crippen LogP contribution >= 0.6 is 0 Å². The van der Waals surface area contributed by atoms with Crippen molar-refractivity contribution in [1.82, 2.24) is 0 Å². The maximum atomic E-state index is 10.5. The molecule has 0 amide bonds. The lowest BCUT2D eigenvalue weighted by Gasteiger charge is -2.44. The Hall–Kier alpha value is -0.0800. The fourth-order valence-corrected chi connectivity index (χ4v) is 3.64. The molecule has 1 N–H and O–H groups in total. The molecule has 0 aromatic rings. The summed E-state index contributed by atoms with van der Waals surface area (Å²) < 4.78 is 6.02. The molecule has 2 aliphatic rings. The first-order valence-electron chi connectivity index (χ1n) is 6.94. The van der Waals surface area contributed by atoms with Gasteiger partial charge in [-0.3, -0.25) is 0 Å². The van der Waals surface area contributed by atoms with Crippen LogP contribution in [0.25, 0.3) is 0 Å². The predicted molar refractivity (Wildman–Crippen MR) is 65.4 cm³/mol. The highest BCUT2D eigenvalue weighted by Crippen LogP contribution is 2.45. The van der Waals surface area contributed by atoms with Crippen LogP contribution in [0.15, 0.2) is 0 Å². The zero-order valence-corrected chi connectivity index (χ0v) is 10.8. The lowest BCUT2D eigenvalue weighted by molar-refractivity contribution is -0.137. The van der Waals surface area contributed by atoms with Gasteiger partial charge in [0.15, 0.2) is 0 Å². The highest BCUT2D eigenvalue weighted by atomic mass is 16.5. The molecule has 0 bridgehead atoms. The van der Waals surface area contributed by atoms with E-state index in [1.807, 2.05) is 6.92 Å². The summed E-state index contributed by atoms with van der Waals surface area (Å²) in [6.45, 7) is 5.03. The van der Waals surface area contributed by atoms with E-state index in [0.717, 1.165) is 32.3 Å². The lowest BCUT2D eigenvalue weighted by Crippen LogP contribution is -2.46. The Morgan fingerprint density at radius 2 is 2.06 bits per heavy atom. The molecule has 2 rings (SSSR count). The molecule has 1 saturated heterocycles. The van der Waals surface area contributed by atoms with Crippen molar-refractivity contribution < 1.29 is 9.84 Å². The Balaban J connectivity index is 2.00. The van der Waals surface area contributed by atoms with E-state index in [9.17, 15) is 5.11 Å². The van der Waals surface area contributed by atoms with Crippen LogP contribution in [0.5, 0.6) is 0 Å². The average Bonchev–Trinajstić information content (AvgIpc) is 2.66. The minimum absolute atomic E-state index is 0.140. The summed E-state index contributed by atoms with van der Waals surface area (Å²) in [6, 6.07) is 0. The van der Waals surface area contributed by atoms with Crippen molar-refractivity contribution in [2.75, 3.05) is 6.61 Å². The van der Waals surface area contributed by atoms with Gasteiger partial charge in [-0.15, -0.1) is 0 Å². The second-order valence-corrected chi connectivity index (χ2v) is 6.04. The average molecular weight is 226 g/mol. The van der Waals surface area contributed by atoms with Crippen molar-refractivity contribution >= 4 is 0 Å². The third-order valence-corrected chi connectivity index (χ3v) is 4.64. The Kier molecular flexibility index (Phi) is 3.60. The number of ether oxygens (including phenoxy) is 1. The Bertz CT molecular complexity index is 229. The summed E-state index contributed by atoms with van der Waals surface area (Å²) in [5.41, 5.74) is -0.339. The van der Waals surface area contributed by atoms with Gasteiger partial charge < -0.3 is 9.84 Å². The first-order valence-corrected chi connectivity index (χ1v) is 6.94. The summed E-state index contributed by atoms with van der Waals surface area (Å²) >= 11 is 0. The molecule has 94 valence electrons. The van der Waals surface area contributed by atoms with Crippen molar-refractivity contribution in [2.24, 2.45) is 5.92 Å². The summed E-state index contributed by atoms with van der Waals surface area (Å²) in [4.78, 5) is 0. The van der Waals surface area contributed by atoms with E-state index in [0.29, 0.717) is 5.92 Å². The molecule has 2 fully saturated rings. The van der Waals surface area contributed by atoms with Gasteiger partial charge in [-0.1, -0.05) is 26.2 Å². The molecule has 1 heterocycles. The van der Waals surface area contributed by atoms with Crippen molar-refractivity contribution in [3.05, 3.63) is 0 Å². The number of hydrogen-bond donors (Lipinski definition) is 1. The topological polar surface area (TPSA) is 29.5 Å². The van der Waals surface area contributed by atoms with Gasteiger partial charge in [0.2, 0.25) is 0 Å². The summed E-state index contributed by atoms with van der Waals surface area (Å²) in [6.07, 6.45) is 9.16. The first kappa shape index (κ1) is 12.4. The normalized spacial score (nSPS) is 32.8. The monoisotopic (exact) mass is 226 g/mol. The fraction of sp³-hybridized carbons (Fsp3) is 1.00. The maximum absolute atomic E-state index is 10.5. The van der Waals surface area contributed by atoms with Gasteiger partial charge in [-0.25, -0.2) is 0 Å². The van der Waals surface area contributed by atoms with Gasteiger partial charge in [0, 0.05) is 6.61 Å². The SMILES string of the molecule is CCCC(C)(O)C1CCOC2(CCCC2)C1. The quantitative estimate of drug-likeness (QED) is 0.800. The van der Waals surface area contributed by atoms with E-state index in [4.69, 9.17) is 4.74 Å². The third-order valence-electron chi connectivity index (χ3n) is 4.64. The smallest absolute Gasteiger partial charge is 0.0686 e. The van der Waals surface area contributed by atoms with E-state index in [2.05, 4.69) is 6.92 Å². The molecule has 2 unspecified atom stereocenters. The van der Waals surface area contributed by atoms with Gasteiger partial charge in [0.05, 0.1) is 11.2 Å². The molecule has 1 saturated carbocycles. The standard InChI is InChI=1S/C14H26O2/c1-3-7-13(2,15)12-6-10-16-14(11-12)8-4-5-9-14/h12,15H,3-11H2,1-2H3. The largest absolute Gasteiger partial charge is 0.390 e. The van der Waals surface area contributed by atoms with Crippen LogP contribution in [0.3, 0.4) is 0 Å². The van der Waals surface area contributed by atoms with E-state index in [1.54, 1.807) is 0 Å². The van der Waals surface area contributed by atoms with E-state index in [1.165, 1.54) is 25.7 Å². The zero-order valence-electron chi connectivity index (χ0n) is 10.8. The fourth-order valence-electron chi connectivity index (χ4n) is 3.64. The second-order valence-electron chi connectivity index (χ2n) is 6.04. The highest BCUT2D eigenvalue weighted by molar-refractivity contribution is 4.96. The number of rotatable bonds is 3. The van der Waals surface area contributed by atoms with E-state index >= 15 is 0 Å².